The third kappa shape index (κ3) is 26.4. The molecule has 3 saturated heterocycles. The van der Waals surface area contributed by atoms with Crippen LogP contribution in [0, 0.1) is 35.5 Å². The maximum absolute atomic E-state index is 14.0. The van der Waals surface area contributed by atoms with Gasteiger partial charge in [-0.2, -0.15) is 0 Å². The van der Waals surface area contributed by atoms with Crippen molar-refractivity contribution in [2.75, 3.05) is 72.4 Å². The summed E-state index contributed by atoms with van der Waals surface area (Å²) in [4.78, 5) is 109. The molecular weight excluding hydrogens is 1880 g/mol. The lowest BCUT2D eigenvalue weighted by Gasteiger charge is -2.37. The van der Waals surface area contributed by atoms with Gasteiger partial charge in [-0.3, -0.25) is 33.6 Å². The molecule has 13 heterocycles. The van der Waals surface area contributed by atoms with Crippen molar-refractivity contribution in [3.05, 3.63) is 145 Å². The van der Waals surface area contributed by atoms with Crippen LogP contribution in [0.2, 0.25) is 25.1 Å². The van der Waals surface area contributed by atoms with E-state index in [0.717, 1.165) is 109 Å². The minimum atomic E-state index is -1.24. The first-order chi connectivity index (χ1) is 65.6. The van der Waals surface area contributed by atoms with Gasteiger partial charge in [0.15, 0.2) is 0 Å². The average molecular weight is 2010 g/mol. The molecule has 10 aromatic heterocycles. The van der Waals surface area contributed by atoms with Crippen LogP contribution in [0.15, 0.2) is 92.3 Å². The molecule has 8 aliphatic rings. The second-order valence-electron chi connectivity index (χ2n) is 40.5. The van der Waals surface area contributed by atoms with E-state index in [1.54, 1.807) is 75.2 Å². The molecule has 7 amide bonds. The lowest BCUT2D eigenvalue weighted by atomic mass is 9.78. The first kappa shape index (κ1) is 105. The van der Waals surface area contributed by atoms with Gasteiger partial charge in [0.1, 0.15) is 52.7 Å². The molecule has 9 atom stereocenters. The minimum Gasteiger partial charge on any atom is -0.388 e. The van der Waals surface area contributed by atoms with Gasteiger partial charge >= 0.3 is 0 Å². The van der Waals surface area contributed by atoms with Crippen LogP contribution in [0.3, 0.4) is 0 Å². The number of rotatable bonds is 25. The van der Waals surface area contributed by atoms with Gasteiger partial charge in [-0.1, -0.05) is 117 Å². The Hall–Kier alpha value is -9.27. The zero-order valence-corrected chi connectivity index (χ0v) is 82.6. The van der Waals surface area contributed by atoms with Crippen LogP contribution in [0.5, 0.6) is 0 Å². The molecule has 3 aliphatic heterocycles. The SMILES string of the molecule is CC1(F)CCC(O)(CNC(=O)c2cn(C[C@@H]3CCOC3)c3nccc(Cl)c23)CC1.CC1(F)CCC(O)(CNC(=O)c2cn(C[C@H]3CCOC3)c3nccc(Cl)c23)CC1.C[C@@H]1CCC[C@](O)(CNC(=O)c2cn(CC(N)=O)c3nccc(Cl)c23)C1.C[C@H]1CCC[C@@](O)(CNC(=O)c2cn(CC(N)=O)c3nccc(Cl)c23)C1.C[C@H]1CCC[C@@](O)(CNC(=O)c2cn(CC3CCOC3)c3nccc(Cl)c23)C1. The Morgan fingerprint density at radius 2 is 0.587 bits per heavy atom. The largest absolute Gasteiger partial charge is 0.388 e. The quantitative estimate of drug-likeness (QED) is 0.0253. The number of hydrogen-bond acceptors (Lipinski definition) is 20. The van der Waals surface area contributed by atoms with Crippen LogP contribution >= 0.6 is 58.0 Å². The van der Waals surface area contributed by atoms with E-state index in [1.807, 2.05) is 19.9 Å². The van der Waals surface area contributed by atoms with Gasteiger partial charge in [0, 0.05) is 152 Å². The van der Waals surface area contributed by atoms with Crippen molar-refractivity contribution >= 4 is 155 Å². The number of nitrogens with zero attached hydrogens (tertiary/aromatic N) is 10. The van der Waals surface area contributed by atoms with Crippen LogP contribution in [0.4, 0.5) is 8.78 Å². The van der Waals surface area contributed by atoms with E-state index in [9.17, 15) is 67.9 Å². The van der Waals surface area contributed by atoms with Crippen molar-refractivity contribution in [3.63, 3.8) is 0 Å². The zero-order chi connectivity index (χ0) is 98.8. The van der Waals surface area contributed by atoms with E-state index in [1.165, 1.54) is 33.9 Å². The normalized spacial score (nSPS) is 27.0. The topological polar surface area (TPSA) is 450 Å². The van der Waals surface area contributed by atoms with Crippen LogP contribution in [-0.4, -0.2) is 226 Å². The molecule has 5 aliphatic carbocycles. The Kier molecular flexibility index (Phi) is 34.0. The highest BCUT2D eigenvalue weighted by atomic mass is 35.5. The Morgan fingerprint density at radius 1 is 0.362 bits per heavy atom. The van der Waals surface area contributed by atoms with Crippen LogP contribution in [0.25, 0.3) is 55.2 Å². The number of nitrogens with one attached hydrogen (secondary N) is 5. The zero-order valence-electron chi connectivity index (χ0n) is 78.8. The fourth-order valence-electron chi connectivity index (χ4n) is 20.7. The molecular formula is C99H128Cl5F2N17O15. The van der Waals surface area contributed by atoms with Gasteiger partial charge in [-0.25, -0.2) is 33.7 Å². The first-order valence-electron chi connectivity index (χ1n) is 47.9. The molecule has 5 saturated carbocycles. The van der Waals surface area contributed by atoms with Gasteiger partial charge < -0.3 is 101 Å². The van der Waals surface area contributed by atoms with E-state index in [-0.39, 0.29) is 101 Å². The number of halogens is 7. The van der Waals surface area contributed by atoms with Gasteiger partial charge in [0.25, 0.3) is 29.5 Å². The van der Waals surface area contributed by atoms with E-state index in [0.29, 0.717) is 216 Å². The van der Waals surface area contributed by atoms with E-state index < -0.39 is 51.2 Å². The summed E-state index contributed by atoms with van der Waals surface area (Å²) in [5.74, 6) is -0.137. The van der Waals surface area contributed by atoms with Crippen molar-refractivity contribution < 1.29 is 82.1 Å². The third-order valence-corrected chi connectivity index (χ3v) is 30.0. The Bertz CT molecular complexity index is 5740. The summed E-state index contributed by atoms with van der Waals surface area (Å²) in [6.07, 6.45) is 32.1. The number of amides is 7. The molecule has 0 spiro atoms. The van der Waals surface area contributed by atoms with E-state index in [2.05, 4.69) is 72.3 Å². The van der Waals surface area contributed by atoms with Crippen molar-refractivity contribution in [1.82, 2.24) is 74.3 Å². The Morgan fingerprint density at radius 3 is 0.804 bits per heavy atom. The monoisotopic (exact) mass is 2010 g/mol. The molecule has 10 aromatic rings. The van der Waals surface area contributed by atoms with E-state index in [4.69, 9.17) is 83.7 Å². The molecule has 0 aromatic carbocycles. The number of fused-ring (bicyclic) bond motifs is 5. The summed E-state index contributed by atoms with van der Waals surface area (Å²) in [6.45, 7) is 16.6. The maximum atomic E-state index is 14.0. The number of pyridine rings is 5. The van der Waals surface area contributed by atoms with Crippen molar-refractivity contribution in [1.29, 1.82) is 0 Å². The van der Waals surface area contributed by atoms with Gasteiger partial charge in [0.2, 0.25) is 11.8 Å². The number of aromatic nitrogens is 10. The number of alkyl halides is 2. The highest BCUT2D eigenvalue weighted by Crippen LogP contribution is 2.43. The van der Waals surface area contributed by atoms with Crippen LogP contribution < -0.4 is 38.1 Å². The van der Waals surface area contributed by atoms with Crippen molar-refractivity contribution in [3.8, 4) is 0 Å². The summed E-state index contributed by atoms with van der Waals surface area (Å²) < 4.78 is 53.4. The number of aliphatic hydroxyl groups is 5. The molecule has 748 valence electrons. The summed E-state index contributed by atoms with van der Waals surface area (Å²) in [6, 6.07) is 8.22. The van der Waals surface area contributed by atoms with Gasteiger partial charge in [-0.15, -0.1) is 0 Å². The molecule has 1 unspecified atom stereocenters. The summed E-state index contributed by atoms with van der Waals surface area (Å²) in [5, 5.41) is 72.9. The third-order valence-electron chi connectivity index (χ3n) is 28.4. The smallest absolute Gasteiger partial charge is 0.253 e. The highest BCUT2D eigenvalue weighted by molar-refractivity contribution is 6.39. The molecule has 32 nitrogen and oxygen atoms in total. The summed E-state index contributed by atoms with van der Waals surface area (Å²) >= 11 is 31.7. The lowest BCUT2D eigenvalue weighted by molar-refractivity contribution is -0.119. The van der Waals surface area contributed by atoms with E-state index >= 15 is 0 Å². The molecule has 18 rings (SSSR count). The fraction of sp³-hybridized carbons (Fsp3) is 0.576. The number of carbonyl (C=O) groups is 7. The van der Waals surface area contributed by atoms with Gasteiger partial charge in [-0.05, 0) is 171 Å². The second-order valence-corrected chi connectivity index (χ2v) is 42.5. The van der Waals surface area contributed by atoms with Crippen molar-refractivity contribution in [2.45, 2.75) is 254 Å². The molecule has 14 N–H and O–H groups in total. The standard InChI is InChI=1S/2C21H27ClFN3O3.C21H28ClN3O3.2C18H23ClN4O3/c2*1-20(23)4-6-21(28,7-5-20)13-25-19(27)15-11-26(10-14-3-9-29-12-14)18-17(15)16(22)2-8-24-18;1-14-3-2-6-21(27,9-14)13-24-20(26)16-11-25(10-15-5-8-28-12-15)19-18(16)17(22)4-7-23-19;2*1-11-3-2-5-18(26,7-11)10-22-17(25)12-8-23(9-14(20)24)16-15(12)13(19)4-6-21-16/h2*2,8,11,14,28H,3-7,9-10,12-13H2,1H3,(H,25,27);4,7,11,14-15,27H,2-3,5-6,8-10,12-13H2,1H3,(H,24,26);2*4,6,8,11,26H,2-3,5,7,9-10H2,1H3,(H2,20,24)(H,22,25)/t2*14-,20?,21?;14-,15?,21-;2*11-,18-/m10010/s1. The highest BCUT2D eigenvalue weighted by Gasteiger charge is 2.43. The maximum Gasteiger partial charge on any atom is 0.253 e. The summed E-state index contributed by atoms with van der Waals surface area (Å²) in [7, 11) is 0. The Labute approximate surface area is 824 Å². The van der Waals surface area contributed by atoms with Crippen LogP contribution in [0.1, 0.15) is 234 Å². The predicted molar refractivity (Wildman–Crippen MR) is 524 cm³/mol. The molecule has 0 bridgehead atoms. The molecule has 39 heteroatoms. The first-order valence-corrected chi connectivity index (χ1v) is 49.8. The molecule has 0 radical (unpaired) electrons. The molecule has 138 heavy (non-hydrogen) atoms. The van der Waals surface area contributed by atoms with Gasteiger partial charge in [0.05, 0.1) is 128 Å². The summed E-state index contributed by atoms with van der Waals surface area (Å²) in [5.41, 5.74) is 8.20. The second kappa shape index (κ2) is 44.9. The van der Waals surface area contributed by atoms with Crippen LogP contribution in [-0.2, 0) is 56.5 Å². The fourth-order valence-corrected chi connectivity index (χ4v) is 21.9. The number of hydrogen-bond donors (Lipinski definition) is 12. The predicted octanol–water partition coefficient (Wildman–Crippen LogP) is 14.1. The number of ether oxygens (including phenoxy) is 3. The lowest BCUT2D eigenvalue weighted by Crippen LogP contribution is -2.47. The average Bonchev–Trinajstić information content (AvgIpc) is 1.64. The molecule has 8 fully saturated rings. The number of primary amides is 2. The Balaban J connectivity index is 0.000000138. The minimum absolute atomic E-state index is 0.0862. The van der Waals surface area contributed by atoms with Crippen molar-refractivity contribution in [2.24, 2.45) is 47.0 Å². The number of carbonyl (C=O) groups excluding carboxylic acids is 7. The number of nitrogens with two attached hydrogens (primary N) is 2.